The summed E-state index contributed by atoms with van der Waals surface area (Å²) in [6.07, 6.45) is 0. The molecule has 0 bridgehead atoms. The third-order valence-corrected chi connectivity index (χ3v) is 5.25. The van der Waals surface area contributed by atoms with E-state index in [1.54, 1.807) is 66.7 Å². The number of anilines is 2. The van der Waals surface area contributed by atoms with Crippen LogP contribution in [0.2, 0.25) is 5.02 Å². The van der Waals surface area contributed by atoms with Crippen LogP contribution < -0.4 is 20.7 Å². The van der Waals surface area contributed by atoms with Gasteiger partial charge in [-0.3, -0.25) is 14.9 Å². The summed E-state index contributed by atoms with van der Waals surface area (Å²) in [5.41, 5.74) is 1.98. The smallest absolute Gasteiger partial charge is 0.257 e. The van der Waals surface area contributed by atoms with Crippen LogP contribution in [-0.2, 0) is 0 Å². The maximum absolute atomic E-state index is 12.5. The van der Waals surface area contributed by atoms with Gasteiger partial charge < -0.3 is 15.4 Å². The molecule has 164 valence electrons. The Balaban J connectivity index is 1.62. The first-order valence-electron chi connectivity index (χ1n) is 9.57. The van der Waals surface area contributed by atoms with Gasteiger partial charge in [-0.25, -0.2) is 0 Å². The molecule has 2 amide bonds. The second-order valence-corrected chi connectivity index (χ2v) is 8.23. The van der Waals surface area contributed by atoms with E-state index in [0.717, 1.165) is 0 Å². The quantitative estimate of drug-likeness (QED) is 0.346. The minimum Gasteiger partial charge on any atom is -0.493 e. The van der Waals surface area contributed by atoms with Crippen molar-refractivity contribution in [2.75, 3.05) is 17.2 Å². The standard InChI is InChI=1S/C23H19BrClN3O3S/c1-2-31-20-10-9-15(12-19(20)24)22(30)28-23(32)27-17-7-3-5-14(11-17)21(29)26-18-8-4-6-16(25)13-18/h3-13H,2H2,1H3,(H,26,29)(H2,27,28,30,32). The third kappa shape index (κ3) is 6.53. The molecule has 0 aromatic heterocycles. The molecule has 0 saturated carbocycles. The second kappa shape index (κ2) is 11.1. The molecule has 3 aromatic carbocycles. The fourth-order valence-corrected chi connectivity index (χ4v) is 3.65. The highest BCUT2D eigenvalue weighted by Crippen LogP contribution is 2.26. The Hall–Kier alpha value is -2.94. The number of carbonyl (C=O) groups excluding carboxylic acids is 2. The minimum absolute atomic E-state index is 0.104. The number of nitrogens with one attached hydrogen (secondary N) is 3. The zero-order chi connectivity index (χ0) is 23.1. The van der Waals surface area contributed by atoms with E-state index in [1.165, 1.54) is 0 Å². The van der Waals surface area contributed by atoms with Crippen LogP contribution in [0.25, 0.3) is 0 Å². The summed E-state index contributed by atoms with van der Waals surface area (Å²) in [5, 5.41) is 8.96. The van der Waals surface area contributed by atoms with Crippen LogP contribution in [0.15, 0.2) is 71.2 Å². The van der Waals surface area contributed by atoms with Crippen LogP contribution in [0.5, 0.6) is 5.75 Å². The lowest BCUT2D eigenvalue weighted by Gasteiger charge is -2.12. The van der Waals surface area contributed by atoms with E-state index >= 15 is 0 Å². The molecule has 32 heavy (non-hydrogen) atoms. The largest absolute Gasteiger partial charge is 0.493 e. The van der Waals surface area contributed by atoms with Crippen LogP contribution in [0.4, 0.5) is 11.4 Å². The average molecular weight is 533 g/mol. The zero-order valence-corrected chi connectivity index (χ0v) is 20.1. The predicted molar refractivity (Wildman–Crippen MR) is 135 cm³/mol. The summed E-state index contributed by atoms with van der Waals surface area (Å²) >= 11 is 14.6. The van der Waals surface area contributed by atoms with Gasteiger partial charge in [-0.05, 0) is 89.7 Å². The van der Waals surface area contributed by atoms with Gasteiger partial charge in [-0.1, -0.05) is 23.7 Å². The SMILES string of the molecule is CCOc1ccc(C(=O)NC(=S)Nc2cccc(C(=O)Nc3cccc(Cl)c3)c2)cc1Br. The van der Waals surface area contributed by atoms with Crippen LogP contribution in [-0.4, -0.2) is 23.5 Å². The van der Waals surface area contributed by atoms with E-state index in [-0.39, 0.29) is 16.9 Å². The molecule has 0 heterocycles. The number of ether oxygens (including phenoxy) is 1. The van der Waals surface area contributed by atoms with Crippen molar-refractivity contribution in [1.29, 1.82) is 0 Å². The molecule has 3 N–H and O–H groups in total. The molecule has 0 radical (unpaired) electrons. The third-order valence-electron chi connectivity index (χ3n) is 4.19. The van der Waals surface area contributed by atoms with Crippen LogP contribution in [0, 0.1) is 0 Å². The summed E-state index contributed by atoms with van der Waals surface area (Å²) in [7, 11) is 0. The fourth-order valence-electron chi connectivity index (χ4n) is 2.76. The van der Waals surface area contributed by atoms with E-state index in [4.69, 9.17) is 28.6 Å². The molecular weight excluding hydrogens is 514 g/mol. The van der Waals surface area contributed by atoms with Gasteiger partial charge in [0.15, 0.2) is 5.11 Å². The van der Waals surface area contributed by atoms with E-state index < -0.39 is 0 Å². The lowest BCUT2D eigenvalue weighted by atomic mass is 10.2. The lowest BCUT2D eigenvalue weighted by Crippen LogP contribution is -2.34. The maximum Gasteiger partial charge on any atom is 0.257 e. The number of amides is 2. The van der Waals surface area contributed by atoms with Gasteiger partial charge in [0.1, 0.15) is 5.75 Å². The van der Waals surface area contributed by atoms with E-state index in [1.807, 2.05) is 6.92 Å². The Labute approximate surface area is 204 Å². The molecule has 0 spiro atoms. The molecule has 0 fully saturated rings. The van der Waals surface area contributed by atoms with Crippen LogP contribution in [0.3, 0.4) is 0 Å². The van der Waals surface area contributed by atoms with Crippen LogP contribution in [0.1, 0.15) is 27.6 Å². The highest BCUT2D eigenvalue weighted by Gasteiger charge is 2.12. The fraction of sp³-hybridized carbons (Fsp3) is 0.0870. The van der Waals surface area contributed by atoms with Gasteiger partial charge in [0.05, 0.1) is 11.1 Å². The predicted octanol–water partition coefficient (Wildman–Crippen LogP) is 5.88. The zero-order valence-electron chi connectivity index (χ0n) is 16.9. The van der Waals surface area contributed by atoms with E-state index in [9.17, 15) is 9.59 Å². The first kappa shape index (κ1) is 23.7. The lowest BCUT2D eigenvalue weighted by molar-refractivity contribution is 0.0976. The Kier molecular flexibility index (Phi) is 8.21. The molecular formula is C23H19BrClN3O3S. The summed E-state index contributed by atoms with van der Waals surface area (Å²) < 4.78 is 6.12. The van der Waals surface area contributed by atoms with Gasteiger partial charge in [-0.15, -0.1) is 0 Å². The first-order chi connectivity index (χ1) is 15.4. The van der Waals surface area contributed by atoms with Gasteiger partial charge in [0.25, 0.3) is 11.8 Å². The van der Waals surface area contributed by atoms with E-state index in [0.29, 0.717) is 44.4 Å². The van der Waals surface area contributed by atoms with Crippen molar-refractivity contribution in [2.45, 2.75) is 6.92 Å². The summed E-state index contributed by atoms with van der Waals surface area (Å²) in [4.78, 5) is 25.0. The Morgan fingerprint density at radius 1 is 0.938 bits per heavy atom. The molecule has 0 atom stereocenters. The number of hydrogen-bond acceptors (Lipinski definition) is 4. The first-order valence-corrected chi connectivity index (χ1v) is 11.2. The van der Waals surface area contributed by atoms with Gasteiger partial charge in [0, 0.05) is 27.5 Å². The van der Waals surface area contributed by atoms with Crippen LogP contribution >= 0.6 is 39.7 Å². The molecule has 0 saturated heterocycles. The Bertz CT molecular complexity index is 1170. The number of thiocarbonyl (C=S) groups is 1. The molecule has 0 aliphatic rings. The number of rotatable bonds is 6. The van der Waals surface area contributed by atoms with Crippen molar-refractivity contribution in [2.24, 2.45) is 0 Å². The summed E-state index contributed by atoms with van der Waals surface area (Å²) in [5.74, 6) is -0.0242. The molecule has 0 aliphatic carbocycles. The van der Waals surface area contributed by atoms with Gasteiger partial charge >= 0.3 is 0 Å². The average Bonchev–Trinajstić information content (AvgIpc) is 2.75. The highest BCUT2D eigenvalue weighted by molar-refractivity contribution is 9.10. The molecule has 3 rings (SSSR count). The number of halogens is 2. The van der Waals surface area contributed by atoms with E-state index in [2.05, 4.69) is 31.9 Å². The van der Waals surface area contributed by atoms with Crippen molar-refractivity contribution in [1.82, 2.24) is 5.32 Å². The monoisotopic (exact) mass is 531 g/mol. The number of hydrogen-bond donors (Lipinski definition) is 3. The highest BCUT2D eigenvalue weighted by atomic mass is 79.9. The minimum atomic E-state index is -0.374. The van der Waals surface area contributed by atoms with Crippen molar-refractivity contribution in [3.63, 3.8) is 0 Å². The second-order valence-electron chi connectivity index (χ2n) is 6.53. The topological polar surface area (TPSA) is 79.5 Å². The Morgan fingerprint density at radius 3 is 2.31 bits per heavy atom. The summed E-state index contributed by atoms with van der Waals surface area (Å²) in [6, 6.07) is 18.6. The summed E-state index contributed by atoms with van der Waals surface area (Å²) in [6.45, 7) is 2.40. The number of benzene rings is 3. The van der Waals surface area contributed by atoms with Gasteiger partial charge in [-0.2, -0.15) is 0 Å². The molecule has 3 aromatic rings. The normalized spacial score (nSPS) is 10.2. The van der Waals surface area contributed by atoms with Gasteiger partial charge in [0.2, 0.25) is 0 Å². The maximum atomic E-state index is 12.5. The van der Waals surface area contributed by atoms with Crippen molar-refractivity contribution >= 4 is 68.1 Å². The molecule has 9 heteroatoms. The molecule has 0 aliphatic heterocycles. The molecule has 6 nitrogen and oxygen atoms in total. The van der Waals surface area contributed by atoms with Crippen molar-refractivity contribution < 1.29 is 14.3 Å². The number of carbonyl (C=O) groups is 2. The molecule has 0 unspecified atom stereocenters. The van der Waals surface area contributed by atoms with Crippen molar-refractivity contribution in [3.8, 4) is 5.75 Å². The Morgan fingerprint density at radius 2 is 1.62 bits per heavy atom. The van der Waals surface area contributed by atoms with Crippen molar-refractivity contribution in [3.05, 3.63) is 87.4 Å².